The van der Waals surface area contributed by atoms with Crippen molar-refractivity contribution in [3.63, 3.8) is 0 Å². The van der Waals surface area contributed by atoms with E-state index in [0.29, 0.717) is 6.61 Å². The summed E-state index contributed by atoms with van der Waals surface area (Å²) in [5.41, 5.74) is 0. The first-order valence-electron chi connectivity index (χ1n) is 2.72. The third-order valence-electron chi connectivity index (χ3n) is 0.430. The van der Waals surface area contributed by atoms with Crippen LogP contribution < -0.4 is 0 Å². The van der Waals surface area contributed by atoms with Crippen molar-refractivity contribution in [1.29, 1.82) is 0 Å². The van der Waals surface area contributed by atoms with Gasteiger partial charge in [0.15, 0.2) is 0 Å². The zero-order valence-corrected chi connectivity index (χ0v) is 5.98. The summed E-state index contributed by atoms with van der Waals surface area (Å²) in [7, 11) is 0. The van der Waals surface area contributed by atoms with Gasteiger partial charge in [-0.3, -0.25) is 0 Å². The molecule has 0 saturated heterocycles. The lowest BCUT2D eigenvalue weighted by atomic mass is 10.7. The molecule has 0 atom stereocenters. The molecule has 6 heteroatoms. The van der Waals surface area contributed by atoms with Crippen LogP contribution in [0.15, 0.2) is 0 Å². The summed E-state index contributed by atoms with van der Waals surface area (Å²) in [6, 6.07) is 0. The molecular weight excluding hydrogens is 156 g/mol. The van der Waals surface area contributed by atoms with E-state index < -0.39 is 12.1 Å². The second-order valence-corrected chi connectivity index (χ2v) is 1.31. The Balaban J connectivity index is 0. The zero-order chi connectivity index (χ0) is 9.28. The predicted molar refractivity (Wildman–Crippen MR) is 34.8 cm³/mol. The minimum atomic E-state index is -1.83. The van der Waals surface area contributed by atoms with Crippen molar-refractivity contribution in [1.82, 2.24) is 0 Å². The van der Waals surface area contributed by atoms with Crippen molar-refractivity contribution in [2.24, 2.45) is 0 Å². The fraction of sp³-hybridized carbons (Fsp3) is 0.600. The van der Waals surface area contributed by atoms with Gasteiger partial charge in [0.05, 0.1) is 0 Å². The third-order valence-corrected chi connectivity index (χ3v) is 0.430. The van der Waals surface area contributed by atoms with Crippen molar-refractivity contribution in [2.45, 2.75) is 6.92 Å². The van der Waals surface area contributed by atoms with E-state index in [1.54, 1.807) is 6.92 Å². The van der Waals surface area contributed by atoms with Gasteiger partial charge in [0.25, 0.3) is 0 Å². The SMILES string of the molecule is CCOCC(=O)O.O=C(O)O. The molecule has 0 radical (unpaired) electrons. The highest BCUT2D eigenvalue weighted by atomic mass is 16.6. The molecule has 0 aromatic heterocycles. The van der Waals surface area contributed by atoms with Gasteiger partial charge in [-0.25, -0.2) is 9.59 Å². The van der Waals surface area contributed by atoms with Crippen LogP contribution in [-0.4, -0.2) is 40.7 Å². The van der Waals surface area contributed by atoms with Crippen LogP contribution in [0.25, 0.3) is 0 Å². The van der Waals surface area contributed by atoms with Crippen molar-refractivity contribution >= 4 is 12.1 Å². The van der Waals surface area contributed by atoms with E-state index in [-0.39, 0.29) is 6.61 Å². The monoisotopic (exact) mass is 166 g/mol. The minimum Gasteiger partial charge on any atom is -0.480 e. The van der Waals surface area contributed by atoms with Crippen molar-refractivity contribution in [3.05, 3.63) is 0 Å². The highest BCUT2D eigenvalue weighted by Gasteiger charge is 1.90. The predicted octanol–water partition coefficient (Wildman–Crippen LogP) is 0.330. The molecule has 0 unspecified atom stereocenters. The molecule has 0 amide bonds. The Labute approximate surface area is 63.0 Å². The van der Waals surface area contributed by atoms with Gasteiger partial charge in [-0.1, -0.05) is 0 Å². The van der Waals surface area contributed by atoms with Crippen LogP contribution in [0.2, 0.25) is 0 Å². The van der Waals surface area contributed by atoms with Gasteiger partial charge in [-0.2, -0.15) is 0 Å². The summed E-state index contributed by atoms with van der Waals surface area (Å²) in [5.74, 6) is -0.915. The van der Waals surface area contributed by atoms with E-state index in [4.69, 9.17) is 20.1 Å². The number of rotatable bonds is 3. The fourth-order valence-corrected chi connectivity index (χ4v) is 0.189. The molecule has 0 bridgehead atoms. The normalized spacial score (nSPS) is 7.73. The number of carboxylic acids is 1. The van der Waals surface area contributed by atoms with Crippen LogP contribution in [0.1, 0.15) is 6.92 Å². The lowest BCUT2D eigenvalue weighted by molar-refractivity contribution is -0.142. The topological polar surface area (TPSA) is 104 Å². The summed E-state index contributed by atoms with van der Waals surface area (Å²) < 4.78 is 4.50. The second kappa shape index (κ2) is 8.70. The molecule has 0 spiro atoms. The Morgan fingerprint density at radius 2 is 1.64 bits per heavy atom. The fourth-order valence-electron chi connectivity index (χ4n) is 0.189. The smallest absolute Gasteiger partial charge is 0.480 e. The molecule has 11 heavy (non-hydrogen) atoms. The number of carboxylic acid groups (broad SMARTS) is 3. The molecule has 0 saturated carbocycles. The van der Waals surface area contributed by atoms with Crippen LogP contribution in [0.3, 0.4) is 0 Å². The lowest BCUT2D eigenvalue weighted by Gasteiger charge is -1.90. The number of hydrogen-bond donors (Lipinski definition) is 3. The van der Waals surface area contributed by atoms with Crippen LogP contribution >= 0.6 is 0 Å². The molecule has 66 valence electrons. The van der Waals surface area contributed by atoms with Gasteiger partial charge in [0.1, 0.15) is 6.61 Å². The van der Waals surface area contributed by atoms with Gasteiger partial charge in [-0.15, -0.1) is 0 Å². The summed E-state index contributed by atoms with van der Waals surface area (Å²) >= 11 is 0. The van der Waals surface area contributed by atoms with E-state index >= 15 is 0 Å². The van der Waals surface area contributed by atoms with Crippen molar-refractivity contribution < 1.29 is 29.6 Å². The van der Waals surface area contributed by atoms with Crippen molar-refractivity contribution in [2.75, 3.05) is 13.2 Å². The quantitative estimate of drug-likeness (QED) is 0.558. The second-order valence-electron chi connectivity index (χ2n) is 1.31. The summed E-state index contributed by atoms with van der Waals surface area (Å²) in [6.45, 7) is 2.03. The first-order valence-corrected chi connectivity index (χ1v) is 2.72. The minimum absolute atomic E-state index is 0.184. The van der Waals surface area contributed by atoms with E-state index in [1.165, 1.54) is 0 Å². The van der Waals surface area contributed by atoms with E-state index in [1.807, 2.05) is 0 Å². The molecule has 0 fully saturated rings. The maximum atomic E-state index is 9.63. The van der Waals surface area contributed by atoms with E-state index in [2.05, 4.69) is 4.74 Å². The Hall–Kier alpha value is -1.30. The zero-order valence-electron chi connectivity index (χ0n) is 5.98. The molecule has 0 aromatic carbocycles. The maximum absolute atomic E-state index is 9.63. The number of aliphatic carboxylic acids is 1. The van der Waals surface area contributed by atoms with Crippen LogP contribution in [0, 0.1) is 0 Å². The highest BCUT2D eigenvalue weighted by Crippen LogP contribution is 1.69. The van der Waals surface area contributed by atoms with Crippen LogP contribution in [0.4, 0.5) is 4.79 Å². The third kappa shape index (κ3) is 53.6. The molecule has 0 aromatic rings. The van der Waals surface area contributed by atoms with Gasteiger partial charge in [-0.05, 0) is 6.92 Å². The molecule has 0 heterocycles. The van der Waals surface area contributed by atoms with Gasteiger partial charge in [0.2, 0.25) is 0 Å². The Morgan fingerprint density at radius 3 is 1.73 bits per heavy atom. The number of ether oxygens (including phenoxy) is 1. The summed E-state index contributed by atoms with van der Waals surface area (Å²) in [4.78, 5) is 18.2. The largest absolute Gasteiger partial charge is 0.503 e. The average molecular weight is 166 g/mol. The number of carbonyl (C=O) groups is 2. The first-order chi connectivity index (χ1) is 5.00. The molecule has 3 N–H and O–H groups in total. The van der Waals surface area contributed by atoms with E-state index in [0.717, 1.165) is 0 Å². The first kappa shape index (κ1) is 12.4. The lowest BCUT2D eigenvalue weighted by Crippen LogP contribution is -2.05. The maximum Gasteiger partial charge on any atom is 0.503 e. The average Bonchev–Trinajstić information content (AvgIpc) is 1.82. The summed E-state index contributed by atoms with van der Waals surface area (Å²) in [5, 5.41) is 21.9. The van der Waals surface area contributed by atoms with Crippen LogP contribution in [-0.2, 0) is 9.53 Å². The molecule has 0 aliphatic carbocycles. The van der Waals surface area contributed by atoms with Crippen LogP contribution in [0.5, 0.6) is 0 Å². The molecule has 0 aliphatic heterocycles. The van der Waals surface area contributed by atoms with Gasteiger partial charge >= 0.3 is 12.1 Å². The van der Waals surface area contributed by atoms with Gasteiger partial charge in [0, 0.05) is 6.61 Å². The highest BCUT2D eigenvalue weighted by molar-refractivity contribution is 5.67. The number of hydrogen-bond acceptors (Lipinski definition) is 3. The summed E-state index contributed by atoms with van der Waals surface area (Å²) in [6.07, 6.45) is -1.83. The molecule has 0 aliphatic rings. The van der Waals surface area contributed by atoms with E-state index in [9.17, 15) is 4.79 Å². The van der Waals surface area contributed by atoms with Gasteiger partial charge < -0.3 is 20.1 Å². The molecular formula is C5H10O6. The Kier molecular flexibility index (Phi) is 9.79. The molecule has 6 nitrogen and oxygen atoms in total. The van der Waals surface area contributed by atoms with Crippen molar-refractivity contribution in [3.8, 4) is 0 Å². The standard InChI is InChI=1S/C4H8O3.CH2O3/c1-2-7-3-4(5)6;2-1(3)4/h2-3H2,1H3,(H,5,6);(H2,2,3,4). The molecule has 0 rings (SSSR count). The Morgan fingerprint density at radius 1 is 1.27 bits per heavy atom. The Bertz CT molecular complexity index is 116.